The molecule has 0 unspecified atom stereocenters. The highest BCUT2D eigenvalue weighted by Crippen LogP contribution is 2.45. The van der Waals surface area contributed by atoms with Gasteiger partial charge < -0.3 is 14.4 Å². The van der Waals surface area contributed by atoms with E-state index >= 15 is 0 Å². The molecule has 170 valence electrons. The molecule has 0 aliphatic carbocycles. The maximum Gasteiger partial charge on any atom is 0.337 e. The molecule has 0 saturated heterocycles. The van der Waals surface area contributed by atoms with Crippen LogP contribution in [0, 0.1) is 6.92 Å². The lowest BCUT2D eigenvalue weighted by atomic mass is 9.79. The largest absolute Gasteiger partial charge is 0.497 e. The Kier molecular flexibility index (Phi) is 6.55. The minimum Gasteiger partial charge on any atom is -0.497 e. The minimum atomic E-state index is -0.262. The Hall–Kier alpha value is -3.53. The average molecular weight is 442 g/mol. The molecule has 0 amide bonds. The number of esters is 1. The number of carbonyl (C=O) groups is 1. The van der Waals surface area contributed by atoms with Crippen LogP contribution in [0.2, 0.25) is 0 Å². The van der Waals surface area contributed by atoms with Gasteiger partial charge in [-0.1, -0.05) is 60.2 Å². The van der Waals surface area contributed by atoms with Crippen molar-refractivity contribution in [2.24, 2.45) is 0 Å². The summed E-state index contributed by atoms with van der Waals surface area (Å²) in [6.07, 6.45) is -0.191. The van der Waals surface area contributed by atoms with Gasteiger partial charge in [0, 0.05) is 23.8 Å². The second-order valence-corrected chi connectivity index (χ2v) is 8.79. The van der Waals surface area contributed by atoms with Crippen molar-refractivity contribution in [2.75, 3.05) is 12.0 Å². The van der Waals surface area contributed by atoms with E-state index in [0.717, 1.165) is 33.8 Å². The zero-order chi connectivity index (χ0) is 23.5. The lowest BCUT2D eigenvalue weighted by Gasteiger charge is -2.38. The number of para-hydroxylation sites is 1. The zero-order valence-electron chi connectivity index (χ0n) is 20.0. The average Bonchev–Trinajstić information content (AvgIpc) is 2.81. The van der Waals surface area contributed by atoms with Crippen LogP contribution in [0.1, 0.15) is 48.9 Å². The van der Waals surface area contributed by atoms with Crippen molar-refractivity contribution in [3.63, 3.8) is 0 Å². The molecule has 3 aromatic rings. The molecule has 4 rings (SSSR count). The fourth-order valence-electron chi connectivity index (χ4n) is 4.43. The van der Waals surface area contributed by atoms with Gasteiger partial charge in [0.2, 0.25) is 0 Å². The van der Waals surface area contributed by atoms with E-state index in [9.17, 15) is 4.79 Å². The fraction of sp³-hybridized carbons (Fsp3) is 0.276. The summed E-state index contributed by atoms with van der Waals surface area (Å²) < 4.78 is 11.0. The van der Waals surface area contributed by atoms with Gasteiger partial charge in [-0.05, 0) is 62.6 Å². The standard InChI is InChI=1S/C29H31NO3/c1-19(2)33-29(31)27-21(4)30(18-22-12-16-24(32-5)17-13-22)26-9-7-6-8-25(26)28(27)23-14-10-20(3)11-15-23/h6-17,19,28H,18H2,1-5H3/t28-/m1/s1. The molecular formula is C29H31NO3. The molecule has 1 atom stereocenters. The molecule has 1 heterocycles. The molecule has 3 aromatic carbocycles. The van der Waals surface area contributed by atoms with Gasteiger partial charge in [0.1, 0.15) is 5.75 Å². The summed E-state index contributed by atoms with van der Waals surface area (Å²) >= 11 is 0. The summed E-state index contributed by atoms with van der Waals surface area (Å²) in [5.74, 6) is 0.383. The van der Waals surface area contributed by atoms with E-state index in [1.807, 2.05) is 39.0 Å². The Balaban J connectivity index is 1.85. The molecule has 0 radical (unpaired) electrons. The van der Waals surface area contributed by atoms with Crippen LogP contribution >= 0.6 is 0 Å². The van der Waals surface area contributed by atoms with Gasteiger partial charge in [-0.3, -0.25) is 0 Å². The molecule has 0 spiro atoms. The van der Waals surface area contributed by atoms with E-state index in [1.54, 1.807) is 7.11 Å². The summed E-state index contributed by atoms with van der Waals surface area (Å²) in [5, 5.41) is 0. The van der Waals surface area contributed by atoms with Crippen LogP contribution in [0.5, 0.6) is 5.75 Å². The Morgan fingerprint density at radius 1 is 0.939 bits per heavy atom. The van der Waals surface area contributed by atoms with Crippen LogP contribution in [-0.2, 0) is 16.1 Å². The normalized spacial score (nSPS) is 15.5. The predicted molar refractivity (Wildman–Crippen MR) is 133 cm³/mol. The second kappa shape index (κ2) is 9.53. The number of rotatable bonds is 6. The molecule has 33 heavy (non-hydrogen) atoms. The van der Waals surface area contributed by atoms with Gasteiger partial charge >= 0.3 is 5.97 Å². The van der Waals surface area contributed by atoms with Crippen LogP contribution < -0.4 is 9.64 Å². The van der Waals surface area contributed by atoms with Crippen molar-refractivity contribution >= 4 is 11.7 Å². The van der Waals surface area contributed by atoms with Crippen molar-refractivity contribution in [2.45, 2.75) is 46.3 Å². The van der Waals surface area contributed by atoms with Gasteiger partial charge in [0.25, 0.3) is 0 Å². The highest BCUT2D eigenvalue weighted by atomic mass is 16.5. The first-order chi connectivity index (χ1) is 15.9. The minimum absolute atomic E-state index is 0.180. The third-order valence-corrected chi connectivity index (χ3v) is 6.09. The summed E-state index contributed by atoms with van der Waals surface area (Å²) in [6, 6.07) is 24.8. The summed E-state index contributed by atoms with van der Waals surface area (Å²) in [7, 11) is 1.67. The molecular weight excluding hydrogens is 410 g/mol. The number of fused-ring (bicyclic) bond motifs is 1. The Morgan fingerprint density at radius 2 is 1.61 bits per heavy atom. The SMILES string of the molecule is COc1ccc(CN2C(C)=C(C(=O)OC(C)C)[C@H](c3ccc(C)cc3)c3ccccc32)cc1. The molecule has 4 heteroatoms. The maximum atomic E-state index is 13.4. The molecule has 0 bridgehead atoms. The number of methoxy groups -OCH3 is 1. The van der Waals surface area contributed by atoms with Gasteiger partial charge in [-0.2, -0.15) is 0 Å². The number of benzene rings is 3. The second-order valence-electron chi connectivity index (χ2n) is 8.79. The summed E-state index contributed by atoms with van der Waals surface area (Å²) in [6.45, 7) is 8.52. The highest BCUT2D eigenvalue weighted by molar-refractivity contribution is 5.95. The number of allylic oxidation sites excluding steroid dienone is 1. The first-order valence-corrected chi connectivity index (χ1v) is 11.4. The molecule has 0 aromatic heterocycles. The zero-order valence-corrected chi connectivity index (χ0v) is 20.0. The third kappa shape index (κ3) is 4.65. The third-order valence-electron chi connectivity index (χ3n) is 6.09. The van der Waals surface area contributed by atoms with Crippen molar-refractivity contribution in [3.05, 3.63) is 106 Å². The van der Waals surface area contributed by atoms with Gasteiger partial charge in [-0.15, -0.1) is 0 Å². The molecule has 0 fully saturated rings. The van der Waals surface area contributed by atoms with Crippen molar-refractivity contribution in [1.29, 1.82) is 0 Å². The van der Waals surface area contributed by atoms with E-state index in [1.165, 1.54) is 5.56 Å². The number of hydrogen-bond acceptors (Lipinski definition) is 4. The molecule has 1 aliphatic heterocycles. The van der Waals surface area contributed by atoms with E-state index in [0.29, 0.717) is 12.1 Å². The van der Waals surface area contributed by atoms with Gasteiger partial charge in [0.05, 0.1) is 18.8 Å². The smallest absolute Gasteiger partial charge is 0.337 e. The molecule has 1 aliphatic rings. The number of anilines is 1. The first-order valence-electron chi connectivity index (χ1n) is 11.4. The van der Waals surface area contributed by atoms with Gasteiger partial charge in [-0.25, -0.2) is 4.79 Å². The van der Waals surface area contributed by atoms with E-state index in [4.69, 9.17) is 9.47 Å². The lowest BCUT2D eigenvalue weighted by molar-refractivity contribution is -0.143. The monoisotopic (exact) mass is 441 g/mol. The van der Waals surface area contributed by atoms with Crippen LogP contribution in [0.15, 0.2) is 84.1 Å². The topological polar surface area (TPSA) is 38.8 Å². The van der Waals surface area contributed by atoms with E-state index in [2.05, 4.69) is 66.4 Å². The predicted octanol–water partition coefficient (Wildman–Crippen LogP) is 6.38. The van der Waals surface area contributed by atoms with E-state index < -0.39 is 0 Å². The van der Waals surface area contributed by atoms with Crippen LogP contribution in [0.25, 0.3) is 0 Å². The highest BCUT2D eigenvalue weighted by Gasteiger charge is 2.36. The number of carbonyl (C=O) groups excluding carboxylic acids is 1. The maximum absolute atomic E-state index is 13.4. The molecule has 4 nitrogen and oxygen atoms in total. The number of hydrogen-bond donors (Lipinski definition) is 0. The lowest BCUT2D eigenvalue weighted by Crippen LogP contribution is -2.33. The molecule has 0 saturated carbocycles. The van der Waals surface area contributed by atoms with Crippen LogP contribution in [0.3, 0.4) is 0 Å². The Bertz CT molecular complexity index is 1160. The number of nitrogens with zero attached hydrogens (tertiary/aromatic N) is 1. The van der Waals surface area contributed by atoms with Crippen LogP contribution in [-0.4, -0.2) is 19.2 Å². The fourth-order valence-corrected chi connectivity index (χ4v) is 4.43. The summed E-state index contributed by atoms with van der Waals surface area (Å²) in [5.41, 5.74) is 7.24. The number of ether oxygens (including phenoxy) is 2. The Labute approximate surface area is 196 Å². The summed E-state index contributed by atoms with van der Waals surface area (Å²) in [4.78, 5) is 15.7. The van der Waals surface area contributed by atoms with Crippen molar-refractivity contribution in [1.82, 2.24) is 0 Å². The number of aryl methyl sites for hydroxylation is 1. The first kappa shape index (κ1) is 22.7. The van der Waals surface area contributed by atoms with Gasteiger partial charge in [0.15, 0.2) is 0 Å². The van der Waals surface area contributed by atoms with Crippen molar-refractivity contribution in [3.8, 4) is 5.75 Å². The van der Waals surface area contributed by atoms with Crippen molar-refractivity contribution < 1.29 is 14.3 Å². The quantitative estimate of drug-likeness (QED) is 0.416. The molecule has 0 N–H and O–H groups in total. The van der Waals surface area contributed by atoms with Crippen LogP contribution in [0.4, 0.5) is 5.69 Å². The van der Waals surface area contributed by atoms with E-state index in [-0.39, 0.29) is 18.0 Å². The Morgan fingerprint density at radius 3 is 2.24 bits per heavy atom.